The van der Waals surface area contributed by atoms with Gasteiger partial charge in [0.05, 0.1) is 18.2 Å². The van der Waals surface area contributed by atoms with Crippen molar-refractivity contribution in [2.24, 2.45) is 0 Å². The van der Waals surface area contributed by atoms with Crippen molar-refractivity contribution in [1.29, 1.82) is 0 Å². The number of ether oxygens (including phenoxy) is 1. The maximum atomic E-state index is 13.4. The van der Waals surface area contributed by atoms with Crippen molar-refractivity contribution in [3.8, 4) is 0 Å². The van der Waals surface area contributed by atoms with Crippen LogP contribution in [0, 0.1) is 0 Å². The van der Waals surface area contributed by atoms with Crippen LogP contribution in [0.5, 0.6) is 0 Å². The summed E-state index contributed by atoms with van der Waals surface area (Å²) < 4.78 is 8.22. The summed E-state index contributed by atoms with van der Waals surface area (Å²) in [6, 6.07) is 11.6. The van der Waals surface area contributed by atoms with E-state index in [-0.39, 0.29) is 11.7 Å². The number of thiophene rings is 1. The van der Waals surface area contributed by atoms with Gasteiger partial charge in [-0.1, -0.05) is 41.6 Å². The molecule has 3 aromatic heterocycles. The van der Waals surface area contributed by atoms with Crippen LogP contribution in [0.15, 0.2) is 52.5 Å². The Bertz CT molecular complexity index is 1250. The van der Waals surface area contributed by atoms with Gasteiger partial charge >= 0.3 is 0 Å². The summed E-state index contributed by atoms with van der Waals surface area (Å²) in [7, 11) is 0. The fourth-order valence-corrected chi connectivity index (χ4v) is 5.88. The largest absolute Gasteiger partial charge is 0.376 e. The number of nitrogens with zero attached hydrogens (tertiary/aromatic N) is 3. The van der Waals surface area contributed by atoms with Gasteiger partial charge in [-0.3, -0.25) is 9.36 Å². The molecule has 29 heavy (non-hydrogen) atoms. The zero-order valence-electron chi connectivity index (χ0n) is 15.5. The van der Waals surface area contributed by atoms with Crippen molar-refractivity contribution < 1.29 is 4.74 Å². The monoisotopic (exact) mass is 443 g/mol. The SMILES string of the molecule is O=c1c2sc3ncccc3c2nc(SCc2ccccc2Cl)n1CC1CCCO1. The molecule has 0 saturated carbocycles. The lowest BCUT2D eigenvalue weighted by molar-refractivity contribution is 0.0938. The van der Waals surface area contributed by atoms with E-state index in [0.29, 0.717) is 22.2 Å². The number of aromatic nitrogens is 3. The molecule has 1 atom stereocenters. The minimum atomic E-state index is -0.0184. The predicted octanol–water partition coefficient (Wildman–Crippen LogP) is 5.13. The standard InChI is InChI=1S/C21H18ClN3O2S2/c22-16-8-2-1-5-13(16)12-28-21-24-17-15-7-3-9-23-19(15)29-18(17)20(26)25(21)11-14-6-4-10-27-14/h1-3,5,7-9,14H,4,6,10-12H2. The van der Waals surface area contributed by atoms with Crippen LogP contribution in [-0.4, -0.2) is 27.2 Å². The third kappa shape index (κ3) is 3.68. The Morgan fingerprint density at radius 2 is 2.17 bits per heavy atom. The molecule has 0 bridgehead atoms. The fourth-order valence-electron chi connectivity index (χ4n) is 3.56. The highest BCUT2D eigenvalue weighted by Crippen LogP contribution is 2.32. The molecular weight excluding hydrogens is 426 g/mol. The molecule has 4 aromatic rings. The number of pyridine rings is 1. The summed E-state index contributed by atoms with van der Waals surface area (Å²) in [6.45, 7) is 1.28. The second kappa shape index (κ2) is 8.07. The summed E-state index contributed by atoms with van der Waals surface area (Å²) in [5.41, 5.74) is 1.73. The Balaban J connectivity index is 1.61. The smallest absolute Gasteiger partial charge is 0.272 e. The first-order valence-electron chi connectivity index (χ1n) is 9.46. The minimum Gasteiger partial charge on any atom is -0.376 e. The van der Waals surface area contributed by atoms with E-state index < -0.39 is 0 Å². The number of benzene rings is 1. The van der Waals surface area contributed by atoms with E-state index in [1.54, 1.807) is 10.8 Å². The molecular formula is C21H18ClN3O2S2. The average molecular weight is 444 g/mol. The van der Waals surface area contributed by atoms with Gasteiger partial charge in [0.25, 0.3) is 5.56 Å². The van der Waals surface area contributed by atoms with Crippen LogP contribution in [0.3, 0.4) is 0 Å². The zero-order chi connectivity index (χ0) is 19.8. The summed E-state index contributed by atoms with van der Waals surface area (Å²) in [4.78, 5) is 23.6. The number of thioether (sulfide) groups is 1. The van der Waals surface area contributed by atoms with Crippen molar-refractivity contribution >= 4 is 55.1 Å². The Hall–Kier alpha value is -1.93. The minimum absolute atomic E-state index is 0.0184. The maximum Gasteiger partial charge on any atom is 0.272 e. The number of hydrogen-bond donors (Lipinski definition) is 0. The van der Waals surface area contributed by atoms with Crippen LogP contribution in [0.2, 0.25) is 5.02 Å². The number of halogens is 1. The molecule has 148 valence electrons. The highest BCUT2D eigenvalue weighted by molar-refractivity contribution is 7.98. The van der Waals surface area contributed by atoms with Crippen LogP contribution >= 0.6 is 34.7 Å². The molecule has 4 heterocycles. The number of fused-ring (bicyclic) bond motifs is 3. The van der Waals surface area contributed by atoms with Gasteiger partial charge in [-0.2, -0.15) is 0 Å². The lowest BCUT2D eigenvalue weighted by Crippen LogP contribution is -2.28. The average Bonchev–Trinajstić information content (AvgIpc) is 3.38. The first kappa shape index (κ1) is 19.1. The third-order valence-corrected chi connectivity index (χ3v) is 7.53. The molecule has 1 aliphatic rings. The van der Waals surface area contributed by atoms with E-state index in [1.807, 2.05) is 36.4 Å². The molecule has 1 saturated heterocycles. The van der Waals surface area contributed by atoms with Gasteiger partial charge in [-0.25, -0.2) is 9.97 Å². The molecule has 0 spiro atoms. The molecule has 5 rings (SSSR count). The molecule has 0 N–H and O–H groups in total. The van der Waals surface area contributed by atoms with Crippen molar-refractivity contribution in [2.45, 2.75) is 36.4 Å². The zero-order valence-corrected chi connectivity index (χ0v) is 17.9. The van der Waals surface area contributed by atoms with Crippen LogP contribution in [0.25, 0.3) is 20.4 Å². The van der Waals surface area contributed by atoms with Crippen molar-refractivity contribution in [3.63, 3.8) is 0 Å². The Morgan fingerprint density at radius 3 is 3.00 bits per heavy atom. The normalized spacial score (nSPS) is 16.8. The number of hydrogen-bond acceptors (Lipinski definition) is 6. The van der Waals surface area contributed by atoms with Crippen molar-refractivity contribution in [1.82, 2.24) is 14.5 Å². The summed E-state index contributed by atoms with van der Waals surface area (Å²) in [6.07, 6.45) is 3.80. The van der Waals surface area contributed by atoms with Gasteiger partial charge in [0, 0.05) is 29.0 Å². The Kier molecular flexibility index (Phi) is 5.30. The molecule has 0 amide bonds. The van der Waals surface area contributed by atoms with Crippen LogP contribution in [0.4, 0.5) is 0 Å². The van der Waals surface area contributed by atoms with Crippen LogP contribution in [-0.2, 0) is 17.0 Å². The Morgan fingerprint density at radius 1 is 1.28 bits per heavy atom. The lowest BCUT2D eigenvalue weighted by atomic mass is 10.2. The second-order valence-electron chi connectivity index (χ2n) is 6.96. The van der Waals surface area contributed by atoms with Gasteiger partial charge < -0.3 is 4.74 Å². The quantitative estimate of drug-likeness (QED) is 0.316. The summed E-state index contributed by atoms with van der Waals surface area (Å²) >= 11 is 9.27. The Labute approximate surface area is 180 Å². The molecule has 1 aromatic carbocycles. The predicted molar refractivity (Wildman–Crippen MR) is 119 cm³/mol. The lowest BCUT2D eigenvalue weighted by Gasteiger charge is -2.16. The molecule has 1 aliphatic heterocycles. The second-order valence-corrected chi connectivity index (χ2v) is 9.31. The summed E-state index contributed by atoms with van der Waals surface area (Å²) in [5.74, 6) is 0.642. The first-order chi connectivity index (χ1) is 14.2. The van der Waals surface area contributed by atoms with Crippen molar-refractivity contribution in [2.75, 3.05) is 6.61 Å². The fraction of sp³-hybridized carbons (Fsp3) is 0.286. The third-order valence-electron chi connectivity index (χ3n) is 5.04. The first-order valence-corrected chi connectivity index (χ1v) is 11.6. The molecule has 1 unspecified atom stereocenters. The molecule has 0 radical (unpaired) electrons. The molecule has 5 nitrogen and oxygen atoms in total. The van der Waals surface area contributed by atoms with Gasteiger partial charge in [0.2, 0.25) is 0 Å². The van der Waals surface area contributed by atoms with E-state index in [0.717, 1.165) is 45.8 Å². The van der Waals surface area contributed by atoms with E-state index in [2.05, 4.69) is 4.98 Å². The molecule has 0 aliphatic carbocycles. The maximum absolute atomic E-state index is 13.4. The highest BCUT2D eigenvalue weighted by Gasteiger charge is 2.22. The van der Waals surface area contributed by atoms with Crippen LogP contribution in [0.1, 0.15) is 18.4 Å². The molecule has 1 fully saturated rings. The summed E-state index contributed by atoms with van der Waals surface area (Å²) in [5, 5.41) is 2.34. The van der Waals surface area contributed by atoms with E-state index in [9.17, 15) is 4.79 Å². The van der Waals surface area contributed by atoms with E-state index in [1.165, 1.54) is 23.1 Å². The van der Waals surface area contributed by atoms with Crippen molar-refractivity contribution in [3.05, 3.63) is 63.5 Å². The van der Waals surface area contributed by atoms with E-state index >= 15 is 0 Å². The highest BCUT2D eigenvalue weighted by atomic mass is 35.5. The van der Waals surface area contributed by atoms with Gasteiger partial charge in [0.15, 0.2) is 5.16 Å². The topological polar surface area (TPSA) is 57.0 Å². The van der Waals surface area contributed by atoms with Gasteiger partial charge in [-0.05, 0) is 36.6 Å². The molecule has 8 heteroatoms. The van der Waals surface area contributed by atoms with Gasteiger partial charge in [-0.15, -0.1) is 11.3 Å². The van der Waals surface area contributed by atoms with Crippen LogP contribution < -0.4 is 5.56 Å². The van der Waals surface area contributed by atoms with Gasteiger partial charge in [0.1, 0.15) is 9.53 Å². The number of rotatable bonds is 5. The van der Waals surface area contributed by atoms with E-state index in [4.69, 9.17) is 21.3 Å².